The Morgan fingerprint density at radius 2 is 2.00 bits per heavy atom. The molecule has 7 nitrogen and oxygen atoms in total. The number of nitrogens with zero attached hydrogens (tertiary/aromatic N) is 1. The van der Waals surface area contributed by atoms with Crippen molar-refractivity contribution < 1.29 is 23.2 Å². The fourth-order valence-electron chi connectivity index (χ4n) is 1.85. The van der Waals surface area contributed by atoms with Gasteiger partial charge >= 0.3 is 0 Å². The fourth-order valence-corrected chi connectivity index (χ4v) is 2.53. The monoisotopic (exact) mass is 368 g/mol. The largest absolute Gasteiger partial charge is 0.365 e. The molecule has 10 heteroatoms. The highest BCUT2D eigenvalue weighted by Crippen LogP contribution is 2.17. The van der Waals surface area contributed by atoms with Crippen LogP contribution in [0.1, 0.15) is 32.9 Å². The Labute approximate surface area is 145 Å². The summed E-state index contributed by atoms with van der Waals surface area (Å²) in [6.45, 7) is 0.132. The Hall–Kier alpha value is -2.88. The molecule has 0 aliphatic rings. The van der Waals surface area contributed by atoms with Gasteiger partial charge in [-0.15, -0.1) is 0 Å². The zero-order valence-corrected chi connectivity index (χ0v) is 13.7. The van der Waals surface area contributed by atoms with Crippen LogP contribution in [-0.2, 0) is 4.79 Å². The van der Waals surface area contributed by atoms with Crippen molar-refractivity contribution in [1.29, 1.82) is 0 Å². The molecule has 0 fully saturated rings. The minimum absolute atomic E-state index is 0.0810. The molecule has 2 aromatic rings. The molecular formula is C15H14F2N4O3S. The smallest absolute Gasteiger partial charge is 0.260 e. The molecule has 1 aromatic heterocycles. The van der Waals surface area contributed by atoms with Crippen LogP contribution in [0.5, 0.6) is 0 Å². The maximum absolute atomic E-state index is 13.4. The van der Waals surface area contributed by atoms with Crippen molar-refractivity contribution in [3.63, 3.8) is 0 Å². The molecular weight excluding hydrogens is 354 g/mol. The molecule has 0 unspecified atom stereocenters. The summed E-state index contributed by atoms with van der Waals surface area (Å²) in [6, 6.07) is 2.65. The predicted octanol–water partition coefficient (Wildman–Crippen LogP) is 1.67. The third kappa shape index (κ3) is 5.31. The van der Waals surface area contributed by atoms with Gasteiger partial charge in [-0.3, -0.25) is 14.4 Å². The summed E-state index contributed by atoms with van der Waals surface area (Å²) >= 11 is 0.954. The molecule has 0 saturated carbocycles. The SMILES string of the molecule is NC(=O)c1cnc(NC(=O)CCCNC(=O)c2ccc(F)cc2F)s1. The lowest BCUT2D eigenvalue weighted by Crippen LogP contribution is -2.26. The van der Waals surface area contributed by atoms with E-state index >= 15 is 0 Å². The molecule has 4 N–H and O–H groups in total. The number of anilines is 1. The Morgan fingerprint density at radius 3 is 2.64 bits per heavy atom. The number of primary amides is 1. The second-order valence-electron chi connectivity index (χ2n) is 4.93. The van der Waals surface area contributed by atoms with E-state index in [1.54, 1.807) is 0 Å². The number of nitrogens with one attached hydrogen (secondary N) is 2. The van der Waals surface area contributed by atoms with Gasteiger partial charge in [0.15, 0.2) is 5.13 Å². The first-order valence-corrected chi connectivity index (χ1v) is 7.97. The molecule has 3 amide bonds. The van der Waals surface area contributed by atoms with Gasteiger partial charge < -0.3 is 16.4 Å². The molecule has 1 heterocycles. The van der Waals surface area contributed by atoms with Crippen LogP contribution in [-0.4, -0.2) is 29.3 Å². The van der Waals surface area contributed by atoms with Gasteiger partial charge in [0.25, 0.3) is 11.8 Å². The molecule has 0 radical (unpaired) electrons. The molecule has 0 bridgehead atoms. The van der Waals surface area contributed by atoms with Crippen LogP contribution in [0.2, 0.25) is 0 Å². The quantitative estimate of drug-likeness (QED) is 0.645. The average molecular weight is 368 g/mol. The van der Waals surface area contributed by atoms with E-state index in [2.05, 4.69) is 15.6 Å². The number of aromatic nitrogens is 1. The van der Waals surface area contributed by atoms with E-state index in [-0.39, 0.29) is 34.4 Å². The number of hydrogen-bond acceptors (Lipinski definition) is 5. The second-order valence-corrected chi connectivity index (χ2v) is 5.96. The molecule has 132 valence electrons. The highest BCUT2D eigenvalue weighted by molar-refractivity contribution is 7.17. The highest BCUT2D eigenvalue weighted by atomic mass is 32.1. The molecule has 0 aliphatic carbocycles. The topological polar surface area (TPSA) is 114 Å². The summed E-state index contributed by atoms with van der Waals surface area (Å²) in [4.78, 5) is 38.5. The van der Waals surface area contributed by atoms with Crippen LogP contribution in [0.25, 0.3) is 0 Å². The van der Waals surface area contributed by atoms with Crippen molar-refractivity contribution >= 4 is 34.2 Å². The van der Waals surface area contributed by atoms with Crippen LogP contribution < -0.4 is 16.4 Å². The summed E-state index contributed by atoms with van der Waals surface area (Å²) in [5.41, 5.74) is 4.81. The summed E-state index contributed by atoms with van der Waals surface area (Å²) in [5, 5.41) is 5.19. The van der Waals surface area contributed by atoms with E-state index in [0.29, 0.717) is 12.5 Å². The van der Waals surface area contributed by atoms with Crippen molar-refractivity contribution in [2.24, 2.45) is 5.73 Å². The van der Waals surface area contributed by atoms with Crippen molar-refractivity contribution in [1.82, 2.24) is 10.3 Å². The lowest BCUT2D eigenvalue weighted by Gasteiger charge is -2.06. The summed E-state index contributed by atoms with van der Waals surface area (Å²) in [7, 11) is 0. The van der Waals surface area contributed by atoms with Crippen molar-refractivity contribution in [3.8, 4) is 0 Å². The van der Waals surface area contributed by atoms with Gasteiger partial charge in [-0.25, -0.2) is 13.8 Å². The normalized spacial score (nSPS) is 10.3. The van der Waals surface area contributed by atoms with Crippen molar-refractivity contribution in [3.05, 3.63) is 46.5 Å². The standard InChI is InChI=1S/C15H14F2N4O3S/c16-8-3-4-9(10(17)6-8)14(24)19-5-1-2-12(22)21-15-20-7-11(25-15)13(18)23/h3-4,6-7H,1-2,5H2,(H2,18,23)(H,19,24)(H,20,21,22). The van der Waals surface area contributed by atoms with E-state index in [0.717, 1.165) is 23.5 Å². The van der Waals surface area contributed by atoms with Gasteiger partial charge in [0.05, 0.1) is 11.8 Å². The number of nitrogens with two attached hydrogens (primary N) is 1. The number of halogens is 2. The Kier molecular flexibility index (Phi) is 6.12. The zero-order valence-electron chi connectivity index (χ0n) is 12.8. The minimum atomic E-state index is -0.954. The lowest BCUT2D eigenvalue weighted by atomic mass is 10.2. The first-order valence-electron chi connectivity index (χ1n) is 7.15. The van der Waals surface area contributed by atoms with Crippen LogP contribution in [0.15, 0.2) is 24.4 Å². The maximum atomic E-state index is 13.4. The molecule has 0 saturated heterocycles. The molecule has 1 aromatic carbocycles. The van der Waals surface area contributed by atoms with E-state index in [1.165, 1.54) is 6.20 Å². The van der Waals surface area contributed by atoms with Crippen LogP contribution in [0.4, 0.5) is 13.9 Å². The molecule has 0 aliphatic heterocycles. The Balaban J connectivity index is 1.73. The summed E-state index contributed by atoms with van der Waals surface area (Å²) < 4.78 is 26.2. The van der Waals surface area contributed by atoms with E-state index < -0.39 is 23.4 Å². The van der Waals surface area contributed by atoms with Gasteiger partial charge in [-0.2, -0.15) is 0 Å². The third-order valence-corrected chi connectivity index (χ3v) is 3.96. The molecule has 2 rings (SSSR count). The molecule has 0 atom stereocenters. The number of hydrogen-bond donors (Lipinski definition) is 3. The van der Waals surface area contributed by atoms with Crippen LogP contribution in [0.3, 0.4) is 0 Å². The van der Waals surface area contributed by atoms with E-state index in [4.69, 9.17) is 5.73 Å². The maximum Gasteiger partial charge on any atom is 0.260 e. The first kappa shape index (κ1) is 18.5. The minimum Gasteiger partial charge on any atom is -0.365 e. The van der Waals surface area contributed by atoms with Crippen LogP contribution >= 0.6 is 11.3 Å². The second kappa shape index (κ2) is 8.29. The first-order chi connectivity index (χ1) is 11.9. The average Bonchev–Trinajstić information content (AvgIpc) is 3.00. The third-order valence-electron chi connectivity index (χ3n) is 3.04. The Bertz CT molecular complexity index is 810. The van der Waals surface area contributed by atoms with Gasteiger partial charge in [0, 0.05) is 19.0 Å². The van der Waals surface area contributed by atoms with E-state index in [9.17, 15) is 23.2 Å². The molecule has 0 spiro atoms. The number of benzene rings is 1. The number of amides is 3. The summed E-state index contributed by atoms with van der Waals surface area (Å²) in [5.74, 6) is -3.40. The highest BCUT2D eigenvalue weighted by Gasteiger charge is 2.13. The van der Waals surface area contributed by atoms with Crippen molar-refractivity contribution in [2.45, 2.75) is 12.8 Å². The fraction of sp³-hybridized carbons (Fsp3) is 0.200. The van der Waals surface area contributed by atoms with E-state index in [1.807, 2.05) is 0 Å². The summed E-state index contributed by atoms with van der Waals surface area (Å²) in [6.07, 6.45) is 1.65. The van der Waals surface area contributed by atoms with Gasteiger partial charge in [-0.05, 0) is 18.6 Å². The number of thiazole rings is 1. The van der Waals surface area contributed by atoms with Gasteiger partial charge in [0.2, 0.25) is 5.91 Å². The van der Waals surface area contributed by atoms with Gasteiger partial charge in [-0.1, -0.05) is 11.3 Å². The predicted molar refractivity (Wildman–Crippen MR) is 87.2 cm³/mol. The lowest BCUT2D eigenvalue weighted by molar-refractivity contribution is -0.116. The number of carbonyl (C=O) groups is 3. The molecule has 25 heavy (non-hydrogen) atoms. The number of rotatable bonds is 7. The Morgan fingerprint density at radius 1 is 1.24 bits per heavy atom. The van der Waals surface area contributed by atoms with Gasteiger partial charge in [0.1, 0.15) is 16.5 Å². The zero-order chi connectivity index (χ0) is 18.4. The van der Waals surface area contributed by atoms with Crippen LogP contribution in [0, 0.1) is 11.6 Å². The van der Waals surface area contributed by atoms with Crippen molar-refractivity contribution in [2.75, 3.05) is 11.9 Å². The number of carbonyl (C=O) groups excluding carboxylic acids is 3.